The molecule has 2 aromatic heterocycles. The summed E-state index contributed by atoms with van der Waals surface area (Å²) < 4.78 is 56.8. The number of carbonyl (C=O) groups excluding carboxylic acids is 2. The van der Waals surface area contributed by atoms with Crippen LogP contribution in [0.1, 0.15) is 44.9 Å². The molecule has 12 heteroatoms. The number of rotatable bonds is 6. The Morgan fingerprint density at radius 3 is 2.39 bits per heavy atom. The smallest absolute Gasteiger partial charge is 0.259 e. The van der Waals surface area contributed by atoms with Crippen molar-refractivity contribution in [2.24, 2.45) is 0 Å². The number of hydrogen-bond acceptors (Lipinski definition) is 6. The molecule has 41 heavy (non-hydrogen) atoms. The van der Waals surface area contributed by atoms with Crippen LogP contribution in [0.15, 0.2) is 89.9 Å². The summed E-state index contributed by atoms with van der Waals surface area (Å²) in [6.45, 7) is 1.77. The van der Waals surface area contributed by atoms with Crippen molar-refractivity contribution >= 4 is 57.2 Å². The van der Waals surface area contributed by atoms with Crippen LogP contribution in [0, 0.1) is 0 Å². The first-order valence-corrected chi connectivity index (χ1v) is 15.0. The van der Waals surface area contributed by atoms with Gasteiger partial charge in [-0.15, -0.1) is 0 Å². The maximum atomic E-state index is 13.9. The van der Waals surface area contributed by atoms with Crippen LogP contribution >= 0.6 is 0 Å². The zero-order valence-corrected chi connectivity index (χ0v) is 24.7. The van der Waals surface area contributed by atoms with E-state index in [1.165, 1.54) is 34.9 Å². The summed E-state index contributed by atoms with van der Waals surface area (Å²) in [6.07, 6.45) is -2.97. The molecule has 0 spiro atoms. The Bertz CT molecular complexity index is 1870. The van der Waals surface area contributed by atoms with Crippen molar-refractivity contribution in [1.29, 1.82) is 0 Å². The van der Waals surface area contributed by atoms with Gasteiger partial charge in [0, 0.05) is 6.20 Å². The molecular formula is C29H19BiF3N3O5. The van der Waals surface area contributed by atoms with E-state index >= 15 is 0 Å². The number of fused-ring (bicyclic) bond motifs is 3. The Kier molecular flexibility index (Phi) is 7.77. The number of pyridine rings is 2. The van der Waals surface area contributed by atoms with E-state index in [1.807, 2.05) is 0 Å². The number of benzene rings is 3. The minimum absolute atomic E-state index is 0.0843. The summed E-state index contributed by atoms with van der Waals surface area (Å²) in [4.78, 5) is 44.0. The van der Waals surface area contributed by atoms with Gasteiger partial charge in [-0.3, -0.25) is 4.98 Å². The molecule has 1 amide bonds. The molecule has 0 radical (unpaired) electrons. The zero-order valence-electron chi connectivity index (χ0n) is 21.2. The van der Waals surface area contributed by atoms with E-state index in [0.717, 1.165) is 24.3 Å². The fourth-order valence-electron chi connectivity index (χ4n) is 4.61. The van der Waals surface area contributed by atoms with Gasteiger partial charge in [-0.05, 0) is 12.1 Å². The number of alkyl halides is 3. The van der Waals surface area contributed by atoms with Crippen LogP contribution < -0.4 is 10.9 Å². The standard InChI is InChI=1S/C29H20F3N3O4.Bi.O/c1-16(23-7-2-3-14-33-23)34-26(36)17-8-13-24-22(15-17)20-5-4-6-21(28(38)39)25(20)27(37)35(24)19-11-9-18(10-12-19)29(30,31)32;;/h2-16H,1H3,(H,34,36)(H,38,39);;/q;+1;/p-1/t16-;;/m0../s1. The van der Waals surface area contributed by atoms with Crippen molar-refractivity contribution in [2.45, 2.75) is 19.1 Å². The molecule has 3 aromatic carbocycles. The molecular weight excluding hydrogens is 736 g/mol. The monoisotopic (exact) mass is 755 g/mol. The zero-order chi connectivity index (χ0) is 29.3. The summed E-state index contributed by atoms with van der Waals surface area (Å²) in [5.41, 5.74) is -0.447. The minimum atomic E-state index is -4.58. The average Bonchev–Trinajstić information content (AvgIpc) is 2.97. The van der Waals surface area contributed by atoms with E-state index in [1.54, 1.807) is 37.4 Å². The van der Waals surface area contributed by atoms with E-state index in [2.05, 4.69) is 10.3 Å². The van der Waals surface area contributed by atoms with Gasteiger partial charge in [0.15, 0.2) is 0 Å². The van der Waals surface area contributed by atoms with E-state index in [0.29, 0.717) is 22.0 Å². The van der Waals surface area contributed by atoms with Crippen molar-refractivity contribution < 1.29 is 28.4 Å². The summed E-state index contributed by atoms with van der Waals surface area (Å²) in [5.74, 6) is -1.38. The van der Waals surface area contributed by atoms with E-state index in [-0.39, 0.29) is 22.2 Å². The van der Waals surface area contributed by atoms with Gasteiger partial charge in [-0.1, -0.05) is 6.07 Å². The topological polar surface area (TPSA) is 107 Å². The molecule has 0 saturated heterocycles. The van der Waals surface area contributed by atoms with Crippen LogP contribution in [0.5, 0.6) is 0 Å². The van der Waals surface area contributed by atoms with Gasteiger partial charge < -0.3 is 0 Å². The van der Waals surface area contributed by atoms with Gasteiger partial charge in [-0.2, -0.15) is 0 Å². The van der Waals surface area contributed by atoms with E-state index < -0.39 is 58.9 Å². The van der Waals surface area contributed by atoms with Gasteiger partial charge in [0.05, 0.1) is 0 Å². The van der Waals surface area contributed by atoms with Gasteiger partial charge in [0.25, 0.3) is 0 Å². The molecule has 8 nitrogen and oxygen atoms in total. The second kappa shape index (κ2) is 11.3. The Morgan fingerprint density at radius 2 is 1.73 bits per heavy atom. The Balaban J connectivity index is 1.73. The molecule has 0 aliphatic rings. The van der Waals surface area contributed by atoms with Crippen molar-refractivity contribution in [3.8, 4) is 5.69 Å². The van der Waals surface area contributed by atoms with Crippen LogP contribution in [-0.2, 0) is 11.8 Å². The molecule has 5 aromatic rings. The number of hydrogen-bond donors (Lipinski definition) is 1. The number of nitrogens with one attached hydrogen (secondary N) is 1. The van der Waals surface area contributed by atoms with Crippen LogP contribution in [0.25, 0.3) is 27.4 Å². The molecule has 1 atom stereocenters. The number of nitrogens with zero attached hydrogens (tertiary/aromatic N) is 2. The predicted octanol–water partition coefficient (Wildman–Crippen LogP) is 5.17. The molecule has 0 bridgehead atoms. The van der Waals surface area contributed by atoms with Crippen LogP contribution in [-0.4, -0.2) is 45.1 Å². The fourth-order valence-corrected chi connectivity index (χ4v) is 5.26. The Labute approximate surface area is 242 Å². The third-order valence-electron chi connectivity index (χ3n) is 6.54. The molecule has 5 rings (SSSR count). The van der Waals surface area contributed by atoms with Gasteiger partial charge >= 0.3 is 214 Å². The predicted molar refractivity (Wildman–Crippen MR) is 144 cm³/mol. The van der Waals surface area contributed by atoms with E-state index in [4.69, 9.17) is 2.81 Å². The second-order valence-corrected chi connectivity index (χ2v) is 10.3. The quantitative estimate of drug-likeness (QED) is 0.190. The normalized spacial score (nSPS) is 12.2. The number of aromatic nitrogens is 2. The third kappa shape index (κ3) is 5.52. The number of carbonyl (C=O) groups is 2. The Morgan fingerprint density at radius 1 is 0.976 bits per heavy atom. The summed E-state index contributed by atoms with van der Waals surface area (Å²) in [5, 5.41) is 3.48. The summed E-state index contributed by atoms with van der Waals surface area (Å²) in [7, 11) is 0. The second-order valence-electron chi connectivity index (χ2n) is 9.05. The number of amides is 1. The Hall–Kier alpha value is -4.31. The third-order valence-corrected chi connectivity index (χ3v) is 7.48. The van der Waals surface area contributed by atoms with Gasteiger partial charge in [0.1, 0.15) is 0 Å². The summed E-state index contributed by atoms with van der Waals surface area (Å²) >= 11 is -2.77. The summed E-state index contributed by atoms with van der Waals surface area (Å²) in [6, 6.07) is 17.9. The molecule has 1 N–H and O–H groups in total. The SMILES string of the molecule is C[C@H](NC(=O)c1ccc2c(c1)c1cccc(C(=O)[O][Bi]=[O])c1c(=O)n2-c1ccc(C(F)(F)F)cc1)c1ccccn1. The van der Waals surface area contributed by atoms with Gasteiger partial charge in [0.2, 0.25) is 0 Å². The number of halogens is 3. The van der Waals surface area contributed by atoms with Crippen molar-refractivity contribution in [3.05, 3.63) is 118 Å². The fraction of sp³-hybridized carbons (Fsp3) is 0.103. The average molecular weight is 755 g/mol. The first-order valence-electron chi connectivity index (χ1n) is 12.1. The van der Waals surface area contributed by atoms with Crippen molar-refractivity contribution in [1.82, 2.24) is 14.9 Å². The minimum Gasteiger partial charge on any atom is -0.259 e. The van der Waals surface area contributed by atoms with Crippen molar-refractivity contribution in [3.63, 3.8) is 0 Å². The molecule has 2 heterocycles. The van der Waals surface area contributed by atoms with E-state index in [9.17, 15) is 30.4 Å². The molecule has 0 saturated carbocycles. The van der Waals surface area contributed by atoms with Crippen LogP contribution in [0.3, 0.4) is 0 Å². The molecule has 206 valence electrons. The maximum absolute atomic E-state index is 13.9. The van der Waals surface area contributed by atoms with Crippen LogP contribution in [0.2, 0.25) is 0 Å². The van der Waals surface area contributed by atoms with Gasteiger partial charge in [-0.25, -0.2) is 0 Å². The first-order chi connectivity index (χ1) is 19.6. The van der Waals surface area contributed by atoms with Crippen molar-refractivity contribution in [2.75, 3.05) is 0 Å². The molecule has 0 aliphatic heterocycles. The molecule has 0 aliphatic carbocycles. The first kappa shape index (κ1) is 28.2. The molecule has 0 unspecified atom stereocenters. The van der Waals surface area contributed by atoms with Crippen LogP contribution in [0.4, 0.5) is 13.2 Å². The molecule has 0 fully saturated rings.